The minimum atomic E-state index is -0.546. The molecule has 0 fully saturated rings. The maximum atomic E-state index is 11.0. The van der Waals surface area contributed by atoms with Crippen LogP contribution in [-0.2, 0) is 0 Å². The molecule has 2 rings (SSSR count). The fourth-order valence-corrected chi connectivity index (χ4v) is 1.69. The lowest BCUT2D eigenvalue weighted by atomic mass is 10.2. The van der Waals surface area contributed by atoms with Gasteiger partial charge in [-0.1, -0.05) is 0 Å². The molecule has 1 amide bonds. The summed E-state index contributed by atoms with van der Waals surface area (Å²) in [5.74, 6) is -0.546. The lowest BCUT2D eigenvalue weighted by Gasteiger charge is -2.01. The fourth-order valence-electron chi connectivity index (χ4n) is 1.16. The van der Waals surface area contributed by atoms with Crippen LogP contribution in [0.3, 0.4) is 0 Å². The molecular weight excluding hydrogens is 246 g/mol. The molecule has 0 aromatic carbocycles. The number of pyridine rings is 2. The zero-order chi connectivity index (χ0) is 10.1. The van der Waals surface area contributed by atoms with Crippen LogP contribution in [0.25, 0.3) is 10.9 Å². The van der Waals surface area contributed by atoms with Gasteiger partial charge in [0.15, 0.2) is 0 Å². The first-order chi connectivity index (χ1) is 6.68. The highest BCUT2D eigenvalue weighted by atomic mass is 79.9. The van der Waals surface area contributed by atoms with Gasteiger partial charge in [0.1, 0.15) is 5.69 Å². The highest BCUT2D eigenvalue weighted by Crippen LogP contribution is 2.20. The van der Waals surface area contributed by atoms with Gasteiger partial charge >= 0.3 is 0 Å². The van der Waals surface area contributed by atoms with E-state index in [0.717, 1.165) is 5.39 Å². The van der Waals surface area contributed by atoms with Crippen molar-refractivity contribution in [2.45, 2.75) is 0 Å². The van der Waals surface area contributed by atoms with Crippen LogP contribution >= 0.6 is 15.9 Å². The van der Waals surface area contributed by atoms with Crippen molar-refractivity contribution in [2.24, 2.45) is 5.73 Å². The lowest BCUT2D eigenvalue weighted by molar-refractivity contribution is 0.0995. The van der Waals surface area contributed by atoms with Crippen LogP contribution in [0.2, 0.25) is 0 Å². The summed E-state index contributed by atoms with van der Waals surface area (Å²) < 4.78 is 0.588. The molecule has 0 aliphatic carbocycles. The van der Waals surface area contributed by atoms with E-state index < -0.39 is 5.91 Å². The van der Waals surface area contributed by atoms with Crippen LogP contribution in [0.15, 0.2) is 29.0 Å². The molecule has 4 nitrogen and oxygen atoms in total. The van der Waals surface area contributed by atoms with Crippen molar-refractivity contribution >= 4 is 32.7 Å². The molecule has 0 atom stereocenters. The number of rotatable bonds is 1. The lowest BCUT2D eigenvalue weighted by Crippen LogP contribution is -2.13. The number of carbonyl (C=O) groups is 1. The third-order valence-electron chi connectivity index (χ3n) is 1.80. The Kier molecular flexibility index (Phi) is 2.17. The molecule has 14 heavy (non-hydrogen) atoms. The predicted octanol–water partition coefficient (Wildman–Crippen LogP) is 1.49. The molecule has 0 bridgehead atoms. The van der Waals surface area contributed by atoms with Gasteiger partial charge in [-0.3, -0.25) is 9.78 Å². The molecule has 0 saturated carbocycles. The van der Waals surface area contributed by atoms with E-state index >= 15 is 0 Å². The van der Waals surface area contributed by atoms with E-state index in [1.807, 2.05) is 0 Å². The highest BCUT2D eigenvalue weighted by molar-refractivity contribution is 9.10. The normalized spacial score (nSPS) is 10.4. The van der Waals surface area contributed by atoms with Gasteiger partial charge in [-0.2, -0.15) is 0 Å². The Labute approximate surface area is 88.3 Å². The first-order valence-electron chi connectivity index (χ1n) is 3.88. The second kappa shape index (κ2) is 3.34. The largest absolute Gasteiger partial charge is 0.364 e. The van der Waals surface area contributed by atoms with Gasteiger partial charge in [0.2, 0.25) is 0 Å². The molecule has 0 unspecified atom stereocenters. The Morgan fingerprint density at radius 1 is 1.50 bits per heavy atom. The summed E-state index contributed by atoms with van der Waals surface area (Å²) in [6, 6.07) is 3.50. The second-order valence-corrected chi connectivity index (χ2v) is 3.61. The maximum absolute atomic E-state index is 11.0. The summed E-state index contributed by atoms with van der Waals surface area (Å²) >= 11 is 3.23. The van der Waals surface area contributed by atoms with E-state index in [9.17, 15) is 4.79 Å². The summed E-state index contributed by atoms with van der Waals surface area (Å²) in [7, 11) is 0. The number of nitrogens with zero attached hydrogens (tertiary/aromatic N) is 2. The number of hydrogen-bond donors (Lipinski definition) is 1. The molecule has 0 aliphatic rings. The van der Waals surface area contributed by atoms with Crippen molar-refractivity contribution in [3.63, 3.8) is 0 Å². The van der Waals surface area contributed by atoms with Gasteiger partial charge in [-0.25, -0.2) is 4.98 Å². The topological polar surface area (TPSA) is 68.9 Å². The molecule has 2 aromatic rings. The number of amides is 1. The maximum Gasteiger partial charge on any atom is 0.268 e. The van der Waals surface area contributed by atoms with Gasteiger partial charge in [0, 0.05) is 22.3 Å². The monoisotopic (exact) mass is 251 g/mol. The number of primary amides is 1. The molecule has 0 spiro atoms. The van der Waals surface area contributed by atoms with Crippen LogP contribution in [-0.4, -0.2) is 15.9 Å². The van der Waals surface area contributed by atoms with E-state index in [0.29, 0.717) is 9.99 Å². The van der Waals surface area contributed by atoms with Crippen molar-refractivity contribution in [3.05, 3.63) is 34.7 Å². The summed E-state index contributed by atoms with van der Waals surface area (Å²) in [4.78, 5) is 19.0. The van der Waals surface area contributed by atoms with Crippen molar-refractivity contribution in [3.8, 4) is 0 Å². The average Bonchev–Trinajstić information content (AvgIpc) is 2.16. The molecule has 2 aromatic heterocycles. The quantitative estimate of drug-likeness (QED) is 0.835. The SMILES string of the molecule is NC(=O)c1nc2ccncc2cc1Br. The van der Waals surface area contributed by atoms with E-state index in [1.54, 1.807) is 24.5 Å². The number of fused-ring (bicyclic) bond motifs is 1. The zero-order valence-corrected chi connectivity index (χ0v) is 8.65. The first-order valence-corrected chi connectivity index (χ1v) is 4.68. The second-order valence-electron chi connectivity index (χ2n) is 2.75. The van der Waals surface area contributed by atoms with Crippen LogP contribution in [0.5, 0.6) is 0 Å². The Morgan fingerprint density at radius 2 is 2.29 bits per heavy atom. The Bertz CT molecular complexity index is 512. The predicted molar refractivity (Wildman–Crippen MR) is 55.8 cm³/mol. The van der Waals surface area contributed by atoms with Gasteiger partial charge in [-0.15, -0.1) is 0 Å². The summed E-state index contributed by atoms with van der Waals surface area (Å²) in [5.41, 5.74) is 6.10. The highest BCUT2D eigenvalue weighted by Gasteiger charge is 2.09. The fraction of sp³-hybridized carbons (Fsp3) is 0. The summed E-state index contributed by atoms with van der Waals surface area (Å²) in [5, 5.41) is 0.865. The summed E-state index contributed by atoms with van der Waals surface area (Å²) in [6.07, 6.45) is 3.30. The smallest absolute Gasteiger partial charge is 0.268 e. The van der Waals surface area contributed by atoms with Crippen molar-refractivity contribution in [1.82, 2.24) is 9.97 Å². The number of halogens is 1. The minimum absolute atomic E-state index is 0.240. The van der Waals surface area contributed by atoms with E-state index in [-0.39, 0.29) is 5.69 Å². The van der Waals surface area contributed by atoms with Gasteiger partial charge in [-0.05, 0) is 28.1 Å². The number of nitrogens with two attached hydrogens (primary N) is 1. The zero-order valence-electron chi connectivity index (χ0n) is 7.07. The van der Waals surface area contributed by atoms with Crippen LogP contribution < -0.4 is 5.73 Å². The van der Waals surface area contributed by atoms with Gasteiger partial charge < -0.3 is 5.73 Å². The Balaban J connectivity index is 2.77. The third-order valence-corrected chi connectivity index (χ3v) is 2.41. The number of carbonyl (C=O) groups excluding carboxylic acids is 1. The molecule has 0 saturated heterocycles. The van der Waals surface area contributed by atoms with E-state index in [2.05, 4.69) is 25.9 Å². The van der Waals surface area contributed by atoms with Gasteiger partial charge in [0.05, 0.1) is 5.52 Å². The number of aromatic nitrogens is 2. The third kappa shape index (κ3) is 1.46. The Hall–Kier alpha value is -1.49. The van der Waals surface area contributed by atoms with Crippen LogP contribution in [0.1, 0.15) is 10.5 Å². The Morgan fingerprint density at radius 3 is 3.00 bits per heavy atom. The standard InChI is InChI=1S/C9H6BrN3O/c10-6-3-5-4-12-2-1-7(5)13-8(6)9(11)14/h1-4H,(H2,11,14). The average molecular weight is 252 g/mol. The van der Waals surface area contributed by atoms with E-state index in [4.69, 9.17) is 5.73 Å². The minimum Gasteiger partial charge on any atom is -0.364 e. The van der Waals surface area contributed by atoms with Crippen molar-refractivity contribution in [1.29, 1.82) is 0 Å². The molecule has 2 heterocycles. The van der Waals surface area contributed by atoms with Crippen LogP contribution in [0, 0.1) is 0 Å². The summed E-state index contributed by atoms with van der Waals surface area (Å²) in [6.45, 7) is 0. The molecule has 2 N–H and O–H groups in total. The van der Waals surface area contributed by atoms with Crippen molar-refractivity contribution < 1.29 is 4.79 Å². The van der Waals surface area contributed by atoms with E-state index in [1.165, 1.54) is 0 Å². The van der Waals surface area contributed by atoms with Gasteiger partial charge in [0.25, 0.3) is 5.91 Å². The molecular formula is C9H6BrN3O. The number of hydrogen-bond acceptors (Lipinski definition) is 3. The molecule has 0 radical (unpaired) electrons. The van der Waals surface area contributed by atoms with Crippen molar-refractivity contribution in [2.75, 3.05) is 0 Å². The molecule has 5 heteroatoms. The molecule has 70 valence electrons. The molecule has 0 aliphatic heterocycles. The van der Waals surface area contributed by atoms with Crippen LogP contribution in [0.4, 0.5) is 0 Å². The first kappa shape index (κ1) is 9.08.